The molecule has 5 nitrogen and oxygen atoms in total. The summed E-state index contributed by atoms with van der Waals surface area (Å²) in [7, 11) is 0. The van der Waals surface area contributed by atoms with Crippen molar-refractivity contribution in [3.05, 3.63) is 63.6 Å². The molecule has 0 saturated carbocycles. The minimum absolute atomic E-state index is 0.144. The van der Waals surface area contributed by atoms with Gasteiger partial charge in [-0.15, -0.1) is 0 Å². The number of benzene rings is 2. The average Bonchev–Trinajstić information content (AvgIpc) is 2.61. The molecule has 2 N–H and O–H groups in total. The third-order valence-corrected chi connectivity index (χ3v) is 3.81. The lowest BCUT2D eigenvalue weighted by Crippen LogP contribution is -2.29. The summed E-state index contributed by atoms with van der Waals surface area (Å²) in [5, 5.41) is 13.9. The number of alkyl halides is 3. The first-order chi connectivity index (χ1) is 13.1. The number of carbonyl (C=O) groups is 2. The highest BCUT2D eigenvalue weighted by atomic mass is 35.5. The van der Waals surface area contributed by atoms with Gasteiger partial charge in [-0.05, 0) is 42.0 Å². The number of anilines is 2. The highest BCUT2D eigenvalue weighted by molar-refractivity contribution is 6.36. The third-order valence-electron chi connectivity index (χ3n) is 3.26. The van der Waals surface area contributed by atoms with E-state index < -0.39 is 18.0 Å². The van der Waals surface area contributed by atoms with Crippen molar-refractivity contribution < 1.29 is 22.8 Å². The molecule has 0 aliphatic heterocycles. The molecule has 0 spiro atoms. The van der Waals surface area contributed by atoms with E-state index in [4.69, 9.17) is 23.2 Å². The van der Waals surface area contributed by atoms with Gasteiger partial charge in [0.1, 0.15) is 11.6 Å². The maximum atomic E-state index is 12.3. The van der Waals surface area contributed by atoms with E-state index in [2.05, 4.69) is 5.32 Å². The van der Waals surface area contributed by atoms with Crippen LogP contribution in [0, 0.1) is 11.3 Å². The van der Waals surface area contributed by atoms with Crippen molar-refractivity contribution in [3.63, 3.8) is 0 Å². The van der Waals surface area contributed by atoms with Gasteiger partial charge in [0.2, 0.25) is 0 Å². The smallest absolute Gasteiger partial charge is 0.320 e. The Labute approximate surface area is 167 Å². The van der Waals surface area contributed by atoms with E-state index in [1.54, 1.807) is 11.4 Å². The molecule has 2 rings (SSSR count). The number of hydrogen-bond acceptors (Lipinski definition) is 3. The molecule has 0 saturated heterocycles. The van der Waals surface area contributed by atoms with Crippen molar-refractivity contribution >= 4 is 52.5 Å². The van der Waals surface area contributed by atoms with E-state index in [0.29, 0.717) is 5.02 Å². The van der Waals surface area contributed by atoms with Gasteiger partial charge in [-0.3, -0.25) is 9.59 Å². The number of halogens is 5. The number of nitriles is 1. The van der Waals surface area contributed by atoms with Crippen molar-refractivity contribution in [1.82, 2.24) is 0 Å². The third kappa shape index (κ3) is 5.74. The lowest BCUT2D eigenvalue weighted by molar-refractivity contribution is -0.167. The van der Waals surface area contributed by atoms with Crippen molar-refractivity contribution in [2.45, 2.75) is 6.18 Å². The molecule has 0 unspecified atom stereocenters. The second-order valence-electron chi connectivity index (χ2n) is 5.33. The van der Waals surface area contributed by atoms with Gasteiger partial charge >= 0.3 is 12.1 Å². The Hall–Kier alpha value is -3.02. The van der Waals surface area contributed by atoms with Crippen LogP contribution in [0.15, 0.2) is 48.0 Å². The van der Waals surface area contributed by atoms with Crippen LogP contribution >= 0.6 is 23.2 Å². The van der Waals surface area contributed by atoms with Crippen LogP contribution in [-0.2, 0) is 9.59 Å². The van der Waals surface area contributed by atoms with E-state index in [-0.39, 0.29) is 27.5 Å². The molecule has 0 aliphatic rings. The van der Waals surface area contributed by atoms with Crippen molar-refractivity contribution in [2.24, 2.45) is 0 Å². The second kappa shape index (κ2) is 8.78. The number of nitrogens with zero attached hydrogens (tertiary/aromatic N) is 1. The Morgan fingerprint density at radius 1 is 1.07 bits per heavy atom. The topological polar surface area (TPSA) is 82.0 Å². The zero-order chi connectivity index (χ0) is 20.9. The molecule has 10 heteroatoms. The molecule has 2 aromatic carbocycles. The number of carbonyl (C=O) groups excluding carboxylic acids is 2. The first-order valence-electron chi connectivity index (χ1n) is 7.46. The molecular formula is C18H10Cl2F3N3O2. The van der Waals surface area contributed by atoms with Crippen molar-refractivity contribution in [3.8, 4) is 6.07 Å². The van der Waals surface area contributed by atoms with Crippen LogP contribution in [0.3, 0.4) is 0 Å². The van der Waals surface area contributed by atoms with Crippen LogP contribution in [0.5, 0.6) is 0 Å². The lowest BCUT2D eigenvalue weighted by Gasteiger charge is -2.09. The summed E-state index contributed by atoms with van der Waals surface area (Å²) in [6.07, 6.45) is -3.89. The van der Waals surface area contributed by atoms with Crippen LogP contribution in [-0.4, -0.2) is 18.0 Å². The van der Waals surface area contributed by atoms with Crippen LogP contribution in [0.4, 0.5) is 24.5 Å². The Morgan fingerprint density at radius 3 is 2.39 bits per heavy atom. The molecule has 0 bridgehead atoms. The summed E-state index contributed by atoms with van der Waals surface area (Å²) in [6, 6.07) is 11.3. The average molecular weight is 428 g/mol. The molecule has 2 aromatic rings. The van der Waals surface area contributed by atoms with Gasteiger partial charge in [0.25, 0.3) is 5.91 Å². The van der Waals surface area contributed by atoms with E-state index in [1.807, 2.05) is 0 Å². The van der Waals surface area contributed by atoms with Gasteiger partial charge in [0.05, 0.1) is 10.7 Å². The van der Waals surface area contributed by atoms with Crippen molar-refractivity contribution in [2.75, 3.05) is 10.6 Å². The lowest BCUT2D eigenvalue weighted by atomic mass is 10.1. The Bertz CT molecular complexity index is 998. The Kier molecular flexibility index (Phi) is 6.67. The molecule has 0 atom stereocenters. The summed E-state index contributed by atoms with van der Waals surface area (Å²) < 4.78 is 37.0. The van der Waals surface area contributed by atoms with E-state index in [9.17, 15) is 28.0 Å². The maximum absolute atomic E-state index is 12.3. The highest BCUT2D eigenvalue weighted by Gasteiger charge is 2.38. The van der Waals surface area contributed by atoms with Gasteiger partial charge in [-0.25, -0.2) is 0 Å². The molecule has 0 aliphatic carbocycles. The molecule has 0 radical (unpaired) electrons. The van der Waals surface area contributed by atoms with Crippen molar-refractivity contribution in [1.29, 1.82) is 5.26 Å². The first-order valence-corrected chi connectivity index (χ1v) is 8.22. The summed E-state index contributed by atoms with van der Waals surface area (Å²) in [5.41, 5.74) is -0.0166. The minimum atomic E-state index is -5.04. The fraction of sp³-hybridized carbons (Fsp3) is 0.0556. The maximum Gasteiger partial charge on any atom is 0.471 e. The summed E-state index contributed by atoms with van der Waals surface area (Å²) in [6.45, 7) is 0. The molecule has 2 amide bonds. The fourth-order valence-corrected chi connectivity index (χ4v) is 2.46. The number of rotatable bonds is 4. The van der Waals surface area contributed by atoms with Gasteiger partial charge in [0, 0.05) is 10.7 Å². The largest absolute Gasteiger partial charge is 0.471 e. The van der Waals surface area contributed by atoms with Gasteiger partial charge in [-0.2, -0.15) is 18.4 Å². The van der Waals surface area contributed by atoms with Gasteiger partial charge in [0.15, 0.2) is 0 Å². The Morgan fingerprint density at radius 2 is 1.79 bits per heavy atom. The molecular weight excluding hydrogens is 418 g/mol. The molecule has 0 heterocycles. The summed E-state index contributed by atoms with van der Waals surface area (Å²) in [4.78, 5) is 23.3. The number of nitrogens with one attached hydrogen (secondary N) is 2. The summed E-state index contributed by atoms with van der Waals surface area (Å²) >= 11 is 11.7. The summed E-state index contributed by atoms with van der Waals surface area (Å²) in [5.74, 6) is -2.92. The Balaban J connectivity index is 2.22. The zero-order valence-corrected chi connectivity index (χ0v) is 15.3. The van der Waals surface area contributed by atoms with E-state index >= 15 is 0 Å². The standard InChI is InChI=1S/C18H10Cl2F3N3O2/c19-12-4-5-15(14(20)8-12)26-16(27)11(9-24)6-10-2-1-3-13(7-10)25-17(28)18(21,22)23/h1-8H,(H,25,28)(H,26,27)/b11-6+. The van der Waals surface area contributed by atoms with Crippen LogP contribution in [0.2, 0.25) is 10.0 Å². The van der Waals surface area contributed by atoms with Gasteiger partial charge < -0.3 is 10.6 Å². The first kappa shape index (κ1) is 21.3. The monoisotopic (exact) mass is 427 g/mol. The van der Waals surface area contributed by atoms with Crippen LogP contribution < -0.4 is 10.6 Å². The second-order valence-corrected chi connectivity index (χ2v) is 6.17. The predicted molar refractivity (Wildman–Crippen MR) is 99.8 cm³/mol. The molecule has 0 aromatic heterocycles. The van der Waals surface area contributed by atoms with E-state index in [0.717, 1.165) is 6.08 Å². The molecule has 144 valence electrons. The predicted octanol–water partition coefficient (Wildman–Crippen LogP) is 5.04. The minimum Gasteiger partial charge on any atom is -0.320 e. The van der Waals surface area contributed by atoms with Crippen LogP contribution in [0.1, 0.15) is 5.56 Å². The molecule has 0 fully saturated rings. The quantitative estimate of drug-likeness (QED) is 0.529. The van der Waals surface area contributed by atoms with E-state index in [1.165, 1.54) is 42.5 Å². The number of hydrogen-bond donors (Lipinski definition) is 2. The number of amides is 2. The fourth-order valence-electron chi connectivity index (χ4n) is 2.00. The zero-order valence-electron chi connectivity index (χ0n) is 13.8. The van der Waals surface area contributed by atoms with Crippen LogP contribution in [0.25, 0.3) is 6.08 Å². The molecule has 28 heavy (non-hydrogen) atoms. The highest BCUT2D eigenvalue weighted by Crippen LogP contribution is 2.26. The van der Waals surface area contributed by atoms with Gasteiger partial charge in [-0.1, -0.05) is 35.3 Å². The normalized spacial score (nSPS) is 11.5. The SMILES string of the molecule is N#C/C(=C\c1cccc(NC(=O)C(F)(F)F)c1)C(=O)Nc1ccc(Cl)cc1Cl.